The van der Waals surface area contributed by atoms with Gasteiger partial charge in [-0.15, -0.1) is 8.78 Å². The van der Waals surface area contributed by atoms with Crippen LogP contribution in [0.5, 0.6) is 0 Å². The third-order valence-electron chi connectivity index (χ3n) is 11.4. The lowest BCUT2D eigenvalue weighted by atomic mass is 9.86. The van der Waals surface area contributed by atoms with E-state index >= 15 is 8.78 Å². The second-order valence-electron chi connectivity index (χ2n) is 15.0. The van der Waals surface area contributed by atoms with E-state index in [1.807, 2.05) is 37.3 Å². The number of aryl methyl sites for hydroxylation is 2. The molecule has 52 heavy (non-hydrogen) atoms. The average Bonchev–Trinajstić information content (AvgIpc) is 3.97. The van der Waals surface area contributed by atoms with Gasteiger partial charge in [-0.2, -0.15) is 0 Å². The van der Waals surface area contributed by atoms with E-state index < -0.39 is 21.9 Å². The van der Waals surface area contributed by atoms with Crippen molar-refractivity contribution in [2.45, 2.75) is 80.6 Å². The highest BCUT2D eigenvalue weighted by Gasteiger charge is 2.57. The van der Waals surface area contributed by atoms with Crippen LogP contribution in [-0.2, 0) is 43.8 Å². The zero-order valence-corrected chi connectivity index (χ0v) is 32.7. The molecule has 5 unspecified atom stereocenters. The molecule has 3 fully saturated rings. The summed E-state index contributed by atoms with van der Waals surface area (Å²) >= 11 is 0. The fraction of sp³-hybridized carbons (Fsp3) is 0.512. The van der Waals surface area contributed by atoms with E-state index in [4.69, 9.17) is 4.74 Å². The van der Waals surface area contributed by atoms with Crippen LogP contribution in [0.4, 0.5) is 8.78 Å². The van der Waals surface area contributed by atoms with Crippen molar-refractivity contribution in [1.29, 1.82) is 0 Å². The number of hydrogen-bond donors (Lipinski definition) is 0. The van der Waals surface area contributed by atoms with Crippen LogP contribution in [0, 0.1) is 6.92 Å². The molecule has 0 aromatic heterocycles. The zero-order chi connectivity index (χ0) is 36.2. The average molecular weight is 766 g/mol. The second-order valence-corrected chi connectivity index (χ2v) is 22.0. The number of ketones is 3. The highest BCUT2D eigenvalue weighted by molar-refractivity contribution is 7.99. The Labute approximate surface area is 316 Å². The molecule has 0 N–H and O–H groups in total. The molecule has 3 heterocycles. The predicted molar refractivity (Wildman–Crippen MR) is 214 cm³/mol. The number of alkyl halides is 2. The Morgan fingerprint density at radius 2 is 1.58 bits per heavy atom. The van der Waals surface area contributed by atoms with Gasteiger partial charge >= 0.3 is 5.25 Å². The Hall–Kier alpha value is -2.46. The zero-order valence-electron chi connectivity index (χ0n) is 30.2. The van der Waals surface area contributed by atoms with Crippen molar-refractivity contribution in [2.75, 3.05) is 53.5 Å². The van der Waals surface area contributed by atoms with E-state index in [9.17, 15) is 14.4 Å². The van der Waals surface area contributed by atoms with Gasteiger partial charge in [0.1, 0.15) is 40.3 Å². The molecule has 9 heteroatoms. The highest BCUT2D eigenvalue weighted by Crippen LogP contribution is 2.40. The van der Waals surface area contributed by atoms with Crippen molar-refractivity contribution < 1.29 is 27.9 Å². The maximum Gasteiger partial charge on any atom is 0.474 e. The lowest BCUT2D eigenvalue weighted by molar-refractivity contribution is 0.0554. The summed E-state index contributed by atoms with van der Waals surface area (Å²) in [5.41, 5.74) is 6.41. The Kier molecular flexibility index (Phi) is 12.3. The number of rotatable bonds is 14. The molecule has 5 atom stereocenters. The minimum atomic E-state index is -3.28. The molecule has 0 radical (unpaired) electrons. The molecule has 3 aromatic rings. The summed E-state index contributed by atoms with van der Waals surface area (Å²) in [6.45, 7) is 3.37. The fourth-order valence-corrected chi connectivity index (χ4v) is 16.0. The van der Waals surface area contributed by atoms with E-state index in [-0.39, 0.29) is 33.4 Å². The summed E-state index contributed by atoms with van der Waals surface area (Å²) in [5, 5.41) is -3.26. The molecular weight excluding hydrogens is 715 g/mol. The first-order valence-corrected chi connectivity index (χ1v) is 23.9. The standard InChI is InChI=1S/C43H51F2O4S3/c1-30-9-11-32(12-10-30)39(46)8-5-19-49-20-25-50-23-17-36(28-50)34-14-13-31-15-16-40(41(47)38(31)27-34)51-24-18-37(29-51)33-6-4-7-35(26-33)42(48)43(44,45)52-21-2-3-22-52/h4,6-7,9-14,26-27,36-37,40H,2-3,5,8,15-25,28-29H2,1H3/q+3. The summed E-state index contributed by atoms with van der Waals surface area (Å²) < 4.78 is 36.1. The van der Waals surface area contributed by atoms with Gasteiger partial charge < -0.3 is 4.74 Å². The molecule has 4 aliphatic rings. The molecule has 4 nitrogen and oxygen atoms in total. The number of ether oxygens (including phenoxy) is 1. The maximum absolute atomic E-state index is 15.1. The molecule has 7 rings (SSSR count). The van der Waals surface area contributed by atoms with Gasteiger partial charge in [-0.1, -0.05) is 60.2 Å². The molecular formula is C43H51F2O4S3+3. The first-order valence-electron chi connectivity index (χ1n) is 19.0. The lowest BCUT2D eigenvalue weighted by Gasteiger charge is -2.23. The summed E-state index contributed by atoms with van der Waals surface area (Å²) in [6, 6.07) is 21.4. The topological polar surface area (TPSA) is 60.4 Å². The minimum absolute atomic E-state index is 0.0213. The first-order chi connectivity index (χ1) is 25.2. The van der Waals surface area contributed by atoms with Crippen LogP contribution in [0.2, 0.25) is 0 Å². The van der Waals surface area contributed by atoms with Crippen LogP contribution < -0.4 is 0 Å². The highest BCUT2D eigenvalue weighted by atomic mass is 32.2. The van der Waals surface area contributed by atoms with Crippen molar-refractivity contribution in [3.8, 4) is 0 Å². The largest absolute Gasteiger partial charge is 0.474 e. The molecule has 276 valence electrons. The minimum Gasteiger partial charge on any atom is -0.377 e. The molecule has 0 amide bonds. The van der Waals surface area contributed by atoms with Crippen LogP contribution in [0.15, 0.2) is 66.7 Å². The summed E-state index contributed by atoms with van der Waals surface area (Å²) in [7, 11) is -0.914. The number of fused-ring (bicyclic) bond motifs is 1. The second kappa shape index (κ2) is 16.9. The van der Waals surface area contributed by atoms with Gasteiger partial charge in [-0.25, -0.2) is 0 Å². The van der Waals surface area contributed by atoms with Crippen LogP contribution in [0.1, 0.15) is 110 Å². The van der Waals surface area contributed by atoms with E-state index in [0.29, 0.717) is 47.1 Å². The Bertz CT molecular complexity index is 1760. The first kappa shape index (κ1) is 37.8. The number of halogens is 2. The number of Topliss-reactive ketones (excluding diaryl/α,β-unsaturated/α-hetero) is 3. The van der Waals surface area contributed by atoms with Crippen molar-refractivity contribution in [3.05, 3.63) is 106 Å². The van der Waals surface area contributed by atoms with Gasteiger partial charge in [0.15, 0.2) is 11.0 Å². The SMILES string of the molecule is Cc1ccc(C(=O)CCCOCC[S+]2CCC(c3ccc4c(c3)C(=O)C([S+]3CCC(c5cccc(C(=O)C(F)(F)[S+]6CCCC6)c5)C3)CC4)C2)cc1. The molecule has 0 saturated carbocycles. The Morgan fingerprint density at radius 3 is 2.38 bits per heavy atom. The Morgan fingerprint density at radius 1 is 0.827 bits per heavy atom. The van der Waals surface area contributed by atoms with E-state index in [0.717, 1.165) is 96.8 Å². The molecule has 0 spiro atoms. The smallest absolute Gasteiger partial charge is 0.377 e. The number of carbonyl (C=O) groups excluding carboxylic acids is 3. The summed E-state index contributed by atoms with van der Waals surface area (Å²) in [4.78, 5) is 39.5. The van der Waals surface area contributed by atoms with Gasteiger partial charge in [0.25, 0.3) is 5.78 Å². The fourth-order valence-electron chi connectivity index (χ4n) is 8.29. The van der Waals surface area contributed by atoms with E-state index in [1.54, 1.807) is 18.2 Å². The van der Waals surface area contributed by atoms with Crippen molar-refractivity contribution in [1.82, 2.24) is 0 Å². The van der Waals surface area contributed by atoms with E-state index in [2.05, 4.69) is 18.2 Å². The van der Waals surface area contributed by atoms with Crippen molar-refractivity contribution >= 4 is 50.0 Å². The lowest BCUT2D eigenvalue weighted by Crippen LogP contribution is -2.39. The van der Waals surface area contributed by atoms with Crippen LogP contribution >= 0.6 is 0 Å². The molecule has 3 saturated heterocycles. The van der Waals surface area contributed by atoms with Gasteiger partial charge in [-0.3, -0.25) is 14.4 Å². The van der Waals surface area contributed by atoms with Gasteiger partial charge in [0.2, 0.25) is 5.78 Å². The van der Waals surface area contributed by atoms with Gasteiger partial charge in [-0.05, 0) is 83.2 Å². The summed E-state index contributed by atoms with van der Waals surface area (Å²) in [6.07, 6.45) is 6.68. The van der Waals surface area contributed by atoms with Gasteiger partial charge in [0.05, 0.1) is 17.5 Å². The number of carbonyl (C=O) groups is 3. The van der Waals surface area contributed by atoms with E-state index in [1.165, 1.54) is 16.9 Å². The van der Waals surface area contributed by atoms with Crippen LogP contribution in [0.3, 0.4) is 0 Å². The van der Waals surface area contributed by atoms with Gasteiger partial charge in [0, 0.05) is 60.8 Å². The molecule has 1 aliphatic carbocycles. The normalized spacial score (nSPS) is 25.1. The third-order valence-corrected chi connectivity index (χ3v) is 19.2. The van der Waals surface area contributed by atoms with Crippen LogP contribution in [-0.4, -0.2) is 81.3 Å². The monoisotopic (exact) mass is 765 g/mol. The maximum atomic E-state index is 15.1. The third kappa shape index (κ3) is 8.58. The molecule has 3 aliphatic heterocycles. The quantitative estimate of drug-likeness (QED) is 0.0943. The number of benzene rings is 3. The Balaban J connectivity index is 0.888. The molecule has 0 bridgehead atoms. The number of hydrogen-bond acceptors (Lipinski definition) is 4. The predicted octanol–water partition coefficient (Wildman–Crippen LogP) is 8.27. The van der Waals surface area contributed by atoms with Crippen molar-refractivity contribution in [3.63, 3.8) is 0 Å². The van der Waals surface area contributed by atoms with Crippen LogP contribution in [0.25, 0.3) is 0 Å². The van der Waals surface area contributed by atoms with Crippen molar-refractivity contribution in [2.24, 2.45) is 0 Å². The summed E-state index contributed by atoms with van der Waals surface area (Å²) in [5.74, 6) is 6.27. The molecule has 3 aromatic carbocycles.